The molecule has 12 nitrogen and oxygen atoms in total. The summed E-state index contributed by atoms with van der Waals surface area (Å²) in [6, 6.07) is -1.35. The summed E-state index contributed by atoms with van der Waals surface area (Å²) in [5.74, 6) is -4.48. The number of nitrogens with one attached hydrogen (secondary N) is 1. The van der Waals surface area contributed by atoms with Gasteiger partial charge in [0.05, 0.1) is 6.42 Å². The first kappa shape index (κ1) is 26.8. The number of carbonyl (C=O) groups excluding carboxylic acids is 2. The summed E-state index contributed by atoms with van der Waals surface area (Å²) in [5, 5.41) is 20.2. The van der Waals surface area contributed by atoms with Crippen molar-refractivity contribution in [2.45, 2.75) is 102 Å². The van der Waals surface area contributed by atoms with Crippen molar-refractivity contribution in [3.05, 3.63) is 0 Å². The maximum Gasteiger partial charge on any atom is 0.326 e. The van der Waals surface area contributed by atoms with Gasteiger partial charge in [-0.2, -0.15) is 0 Å². The first-order chi connectivity index (χ1) is 16.9. The van der Waals surface area contributed by atoms with E-state index in [1.807, 2.05) is 6.92 Å². The van der Waals surface area contributed by atoms with Gasteiger partial charge in [-0.25, -0.2) is 14.6 Å². The number of esters is 1. The highest BCUT2D eigenvalue weighted by Gasteiger charge is 2.69. The molecule has 4 aliphatic heterocycles. The first-order valence-corrected chi connectivity index (χ1v) is 12.6. The number of fused-ring (bicyclic) bond motifs is 2. The minimum atomic E-state index is -1.35. The van der Waals surface area contributed by atoms with Crippen LogP contribution >= 0.6 is 0 Å². The van der Waals surface area contributed by atoms with E-state index in [1.165, 1.54) is 0 Å². The van der Waals surface area contributed by atoms with Crippen LogP contribution in [0.25, 0.3) is 0 Å². The van der Waals surface area contributed by atoms with Crippen LogP contribution in [0.1, 0.15) is 72.1 Å². The number of hydrogen-bond acceptors (Lipinski definition) is 9. The molecule has 9 atom stereocenters. The second kappa shape index (κ2) is 10.2. The molecule has 202 valence electrons. The number of rotatable bonds is 9. The molecule has 4 heterocycles. The molecule has 0 radical (unpaired) electrons. The monoisotopic (exact) mass is 513 g/mol. The van der Waals surface area contributed by atoms with Gasteiger partial charge in [-0.1, -0.05) is 13.8 Å². The number of hydrogen-bond donors (Lipinski definition) is 3. The second-order valence-corrected chi connectivity index (χ2v) is 10.7. The zero-order valence-electron chi connectivity index (χ0n) is 20.8. The van der Waals surface area contributed by atoms with E-state index in [0.717, 1.165) is 19.3 Å². The molecule has 1 aliphatic carbocycles. The third kappa shape index (κ3) is 5.09. The lowest BCUT2D eigenvalue weighted by molar-refractivity contribution is -0.576. The van der Waals surface area contributed by atoms with Gasteiger partial charge in [0.15, 0.2) is 11.9 Å². The molecular formula is C24H35NO11. The van der Waals surface area contributed by atoms with Gasteiger partial charge in [-0.05, 0) is 44.4 Å². The van der Waals surface area contributed by atoms with Crippen molar-refractivity contribution < 1.29 is 53.4 Å². The summed E-state index contributed by atoms with van der Waals surface area (Å²) >= 11 is 0. The van der Waals surface area contributed by atoms with Gasteiger partial charge in [-0.3, -0.25) is 14.4 Å². The average Bonchev–Trinajstić information content (AvgIpc) is 3.04. The Morgan fingerprint density at radius 1 is 1.03 bits per heavy atom. The predicted octanol–water partition coefficient (Wildman–Crippen LogP) is 1.95. The smallest absolute Gasteiger partial charge is 0.326 e. The maximum absolute atomic E-state index is 12.6. The van der Waals surface area contributed by atoms with Crippen LogP contribution in [0.3, 0.4) is 0 Å². The van der Waals surface area contributed by atoms with Crippen LogP contribution in [0.2, 0.25) is 0 Å². The highest BCUT2D eigenvalue weighted by Crippen LogP contribution is 2.60. The molecule has 1 spiro atoms. The second-order valence-electron chi connectivity index (χ2n) is 10.7. The summed E-state index contributed by atoms with van der Waals surface area (Å²) in [7, 11) is 0. The number of amides is 1. The molecule has 0 aromatic carbocycles. The van der Waals surface area contributed by atoms with Crippen LogP contribution in [-0.2, 0) is 43.2 Å². The lowest BCUT2D eigenvalue weighted by Crippen LogP contribution is -2.70. The van der Waals surface area contributed by atoms with Crippen LogP contribution in [0.4, 0.5) is 0 Å². The molecule has 1 amide bonds. The molecule has 5 rings (SSSR count). The molecule has 12 heteroatoms. The third-order valence-corrected chi connectivity index (χ3v) is 8.18. The maximum atomic E-state index is 12.6. The molecule has 36 heavy (non-hydrogen) atoms. The Morgan fingerprint density at radius 3 is 2.47 bits per heavy atom. The largest absolute Gasteiger partial charge is 0.481 e. The van der Waals surface area contributed by atoms with Crippen molar-refractivity contribution >= 4 is 23.8 Å². The van der Waals surface area contributed by atoms with E-state index < -0.39 is 60.2 Å². The van der Waals surface area contributed by atoms with E-state index in [4.69, 9.17) is 29.1 Å². The molecule has 2 bridgehead atoms. The van der Waals surface area contributed by atoms with E-state index in [0.29, 0.717) is 12.3 Å². The van der Waals surface area contributed by atoms with Gasteiger partial charge >= 0.3 is 17.9 Å². The summed E-state index contributed by atoms with van der Waals surface area (Å²) in [4.78, 5) is 58.5. The molecule has 5 fully saturated rings. The Balaban J connectivity index is 1.36. The topological polar surface area (TPSA) is 167 Å². The van der Waals surface area contributed by atoms with E-state index in [1.54, 1.807) is 6.92 Å². The molecule has 4 saturated heterocycles. The van der Waals surface area contributed by atoms with Crippen LogP contribution in [0, 0.1) is 23.7 Å². The molecular weight excluding hydrogens is 478 g/mol. The van der Waals surface area contributed by atoms with Gasteiger partial charge < -0.3 is 29.7 Å². The normalized spacial score (nSPS) is 39.9. The molecule has 1 saturated carbocycles. The van der Waals surface area contributed by atoms with Crippen LogP contribution < -0.4 is 5.32 Å². The quantitative estimate of drug-likeness (QED) is 0.304. The molecule has 0 unspecified atom stereocenters. The first-order valence-electron chi connectivity index (χ1n) is 12.6. The lowest BCUT2D eigenvalue weighted by Gasteiger charge is -2.59. The number of carboxylic acid groups (broad SMARTS) is 2. The van der Waals surface area contributed by atoms with Crippen molar-refractivity contribution in [1.29, 1.82) is 0 Å². The fourth-order valence-electron chi connectivity index (χ4n) is 6.20. The van der Waals surface area contributed by atoms with Crippen molar-refractivity contribution in [2.24, 2.45) is 23.7 Å². The minimum absolute atomic E-state index is 0.0215. The Labute approximate surface area is 208 Å². The average molecular weight is 514 g/mol. The standard InChI is InChI=1S/C24H35NO11/c1-12-4-5-15-13(2)21(33-22-24(15)14(12)10-11-23(3,34-22)35-36-24)32-19(29)9-7-17(26)25-16(20(30)31)6-8-18(27)28/h12-16,21-22H,4-11H2,1-3H3,(H,25,26)(H,27,28)(H,30,31)/t12-,13-,14+,15+,16+,21-,22-,23+,24-/m1/s1. The highest BCUT2D eigenvalue weighted by molar-refractivity contribution is 5.86. The van der Waals surface area contributed by atoms with Crippen molar-refractivity contribution in [2.75, 3.05) is 0 Å². The Kier molecular flexibility index (Phi) is 7.61. The number of carbonyl (C=O) groups is 4. The van der Waals surface area contributed by atoms with Crippen molar-refractivity contribution in [1.82, 2.24) is 5.32 Å². The Hall–Kier alpha value is -2.28. The number of ether oxygens (including phenoxy) is 3. The molecule has 3 N–H and O–H groups in total. The highest BCUT2D eigenvalue weighted by atomic mass is 17.3. The zero-order chi connectivity index (χ0) is 26.3. The molecule has 5 aliphatic rings. The van der Waals surface area contributed by atoms with Gasteiger partial charge in [0, 0.05) is 31.1 Å². The Bertz CT molecular complexity index is 895. The molecule has 0 aromatic rings. The summed E-state index contributed by atoms with van der Waals surface area (Å²) in [5.41, 5.74) is -0.780. The fraction of sp³-hybridized carbons (Fsp3) is 0.833. The third-order valence-electron chi connectivity index (χ3n) is 8.18. The van der Waals surface area contributed by atoms with Crippen LogP contribution in [0.15, 0.2) is 0 Å². The number of aliphatic carboxylic acids is 2. The van der Waals surface area contributed by atoms with Gasteiger partial charge in [0.2, 0.25) is 18.0 Å². The minimum Gasteiger partial charge on any atom is -0.481 e. The fourth-order valence-corrected chi connectivity index (χ4v) is 6.20. The van der Waals surface area contributed by atoms with E-state index in [9.17, 15) is 24.3 Å². The summed E-state index contributed by atoms with van der Waals surface area (Å²) < 4.78 is 18.0. The van der Waals surface area contributed by atoms with Gasteiger partial charge in [-0.15, -0.1) is 0 Å². The van der Waals surface area contributed by atoms with Gasteiger partial charge in [0.1, 0.15) is 6.04 Å². The zero-order valence-corrected chi connectivity index (χ0v) is 20.8. The van der Waals surface area contributed by atoms with Crippen LogP contribution in [0.5, 0.6) is 0 Å². The van der Waals surface area contributed by atoms with E-state index in [-0.39, 0.29) is 37.0 Å². The molecule has 0 aromatic heterocycles. The number of carboxylic acids is 2. The summed E-state index contributed by atoms with van der Waals surface area (Å²) in [6.45, 7) is 5.95. The van der Waals surface area contributed by atoms with Gasteiger partial charge in [0.25, 0.3) is 0 Å². The SMILES string of the molecule is C[C@H]1[C@H](OC(=O)CCC(=O)N[C@@H](CCC(=O)O)C(=O)O)O[C@@H]2O[C@]3(C)CC[C@H]4[C@H](C)CC[C@@H]1[C@@]24OO3. The lowest BCUT2D eigenvalue weighted by atomic mass is 9.58. The Morgan fingerprint density at radius 2 is 1.78 bits per heavy atom. The van der Waals surface area contributed by atoms with Crippen molar-refractivity contribution in [3.63, 3.8) is 0 Å². The predicted molar refractivity (Wildman–Crippen MR) is 119 cm³/mol. The van der Waals surface area contributed by atoms with E-state index in [2.05, 4.69) is 12.2 Å². The summed E-state index contributed by atoms with van der Waals surface area (Å²) in [6.07, 6.45) is 0.452. The van der Waals surface area contributed by atoms with Crippen LogP contribution in [-0.4, -0.2) is 64.0 Å². The van der Waals surface area contributed by atoms with Crippen molar-refractivity contribution in [3.8, 4) is 0 Å². The van der Waals surface area contributed by atoms with E-state index >= 15 is 0 Å².